The highest BCUT2D eigenvalue weighted by atomic mass is 35.5. The molecule has 1 aromatic carbocycles. The van der Waals surface area contributed by atoms with Crippen LogP contribution in [-0.4, -0.2) is 35.0 Å². The Bertz CT molecular complexity index is 756. The number of fused-ring (bicyclic) bond motifs is 1. The molecular weight excluding hydrogens is 358 g/mol. The second-order valence-corrected chi connectivity index (χ2v) is 7.99. The van der Waals surface area contributed by atoms with Gasteiger partial charge in [-0.2, -0.15) is 0 Å². The molecule has 5 nitrogen and oxygen atoms in total. The van der Waals surface area contributed by atoms with Gasteiger partial charge < -0.3 is 4.74 Å². The van der Waals surface area contributed by atoms with Crippen LogP contribution in [0.1, 0.15) is 29.0 Å². The number of carbonyl (C=O) groups excluding carboxylic acids is 1. The Labute approximate surface area is 156 Å². The molecule has 2 aliphatic rings. The number of aromatic nitrogens is 1. The van der Waals surface area contributed by atoms with E-state index in [1.165, 1.54) is 10.4 Å². The minimum atomic E-state index is -0.317. The summed E-state index contributed by atoms with van der Waals surface area (Å²) in [5.74, 6) is -0.0679. The number of benzene rings is 1. The van der Waals surface area contributed by atoms with Gasteiger partial charge in [-0.1, -0.05) is 23.7 Å². The maximum atomic E-state index is 12.2. The molecule has 1 fully saturated rings. The topological polar surface area (TPSA) is 54.5 Å². The Balaban J connectivity index is 1.38. The summed E-state index contributed by atoms with van der Waals surface area (Å²) >= 11 is 7.53. The molecule has 2 aromatic rings. The first kappa shape index (κ1) is 17.0. The van der Waals surface area contributed by atoms with E-state index in [2.05, 4.69) is 27.3 Å². The van der Waals surface area contributed by atoms with Crippen LogP contribution in [0.3, 0.4) is 0 Å². The van der Waals surface area contributed by atoms with E-state index in [1.807, 2.05) is 12.1 Å². The summed E-state index contributed by atoms with van der Waals surface area (Å²) in [6, 6.07) is 7.99. The molecule has 4 rings (SSSR count). The Morgan fingerprint density at radius 3 is 3.00 bits per heavy atom. The molecule has 1 N–H and O–H groups in total. The van der Waals surface area contributed by atoms with Crippen molar-refractivity contribution in [1.82, 2.24) is 9.88 Å². The first-order valence-corrected chi connectivity index (χ1v) is 9.75. The van der Waals surface area contributed by atoms with Gasteiger partial charge in [0, 0.05) is 42.6 Å². The average molecular weight is 378 g/mol. The van der Waals surface area contributed by atoms with Crippen molar-refractivity contribution in [1.29, 1.82) is 0 Å². The van der Waals surface area contributed by atoms with Crippen LogP contribution in [-0.2, 0) is 29.0 Å². The van der Waals surface area contributed by atoms with Crippen molar-refractivity contribution >= 4 is 34.0 Å². The highest BCUT2D eigenvalue weighted by Crippen LogP contribution is 2.29. The fourth-order valence-electron chi connectivity index (χ4n) is 3.26. The third-order valence-electron chi connectivity index (χ3n) is 4.58. The van der Waals surface area contributed by atoms with E-state index in [0.717, 1.165) is 49.6 Å². The van der Waals surface area contributed by atoms with Gasteiger partial charge in [-0.05, 0) is 30.5 Å². The highest BCUT2D eigenvalue weighted by molar-refractivity contribution is 7.15. The summed E-state index contributed by atoms with van der Waals surface area (Å²) in [7, 11) is 0. The van der Waals surface area contributed by atoms with Crippen molar-refractivity contribution in [3.8, 4) is 0 Å². The zero-order valence-electron chi connectivity index (χ0n) is 13.8. The standard InChI is InChI=1S/C18H20ClN3O2S/c19-13-5-3-12(4-6-13)10-22-8-7-14-16(11-22)25-18(20-14)21-17(23)15-2-1-9-24-15/h3-6,15H,1-2,7-11H2,(H,20,21,23). The number of ether oxygens (including phenoxy) is 1. The van der Waals surface area contributed by atoms with Gasteiger partial charge in [-0.15, -0.1) is 11.3 Å². The summed E-state index contributed by atoms with van der Waals surface area (Å²) < 4.78 is 5.43. The lowest BCUT2D eigenvalue weighted by molar-refractivity contribution is -0.124. The Kier molecular flexibility index (Phi) is 5.03. The number of amides is 1. The minimum Gasteiger partial charge on any atom is -0.368 e. The molecule has 1 aromatic heterocycles. The zero-order valence-corrected chi connectivity index (χ0v) is 15.4. The van der Waals surface area contributed by atoms with E-state index in [-0.39, 0.29) is 12.0 Å². The minimum absolute atomic E-state index is 0.0679. The lowest BCUT2D eigenvalue weighted by Gasteiger charge is -2.25. The van der Waals surface area contributed by atoms with Crippen LogP contribution in [0.15, 0.2) is 24.3 Å². The largest absolute Gasteiger partial charge is 0.368 e. The van der Waals surface area contributed by atoms with E-state index in [4.69, 9.17) is 16.3 Å². The summed E-state index contributed by atoms with van der Waals surface area (Å²) in [4.78, 5) is 20.4. The normalized spacial score (nSPS) is 20.4. The van der Waals surface area contributed by atoms with Crippen LogP contribution in [0.25, 0.3) is 0 Å². The number of nitrogens with zero attached hydrogens (tertiary/aromatic N) is 2. The quantitative estimate of drug-likeness (QED) is 0.886. The molecule has 1 saturated heterocycles. The van der Waals surface area contributed by atoms with E-state index in [1.54, 1.807) is 11.3 Å². The molecule has 0 spiro atoms. The number of hydrogen-bond donors (Lipinski definition) is 1. The molecule has 1 atom stereocenters. The molecule has 1 unspecified atom stereocenters. The van der Waals surface area contributed by atoms with Gasteiger partial charge in [-0.3, -0.25) is 15.0 Å². The number of hydrogen-bond acceptors (Lipinski definition) is 5. The Hall–Kier alpha value is -1.47. The molecule has 132 valence electrons. The molecule has 0 radical (unpaired) electrons. The van der Waals surface area contributed by atoms with Crippen molar-refractivity contribution in [2.75, 3.05) is 18.5 Å². The van der Waals surface area contributed by atoms with E-state index in [0.29, 0.717) is 11.7 Å². The fourth-order valence-corrected chi connectivity index (χ4v) is 4.43. The summed E-state index contributed by atoms with van der Waals surface area (Å²) in [6.45, 7) is 3.40. The van der Waals surface area contributed by atoms with Gasteiger partial charge in [0.25, 0.3) is 5.91 Å². The van der Waals surface area contributed by atoms with Crippen LogP contribution in [0, 0.1) is 0 Å². The summed E-state index contributed by atoms with van der Waals surface area (Å²) in [5.41, 5.74) is 2.37. The second-order valence-electron chi connectivity index (χ2n) is 6.47. The lowest BCUT2D eigenvalue weighted by atomic mass is 10.1. The number of carbonyl (C=O) groups is 1. The number of halogens is 1. The smallest absolute Gasteiger partial charge is 0.255 e. The van der Waals surface area contributed by atoms with E-state index in [9.17, 15) is 4.79 Å². The first-order valence-electron chi connectivity index (χ1n) is 8.55. The SMILES string of the molecule is O=C(Nc1nc2c(s1)CN(Cc1ccc(Cl)cc1)CC2)C1CCCO1. The van der Waals surface area contributed by atoms with Crippen LogP contribution >= 0.6 is 22.9 Å². The monoisotopic (exact) mass is 377 g/mol. The molecule has 1 amide bonds. The van der Waals surface area contributed by atoms with Gasteiger partial charge >= 0.3 is 0 Å². The second kappa shape index (κ2) is 7.41. The Morgan fingerprint density at radius 1 is 1.40 bits per heavy atom. The maximum Gasteiger partial charge on any atom is 0.255 e. The fraction of sp³-hybridized carbons (Fsp3) is 0.444. The van der Waals surface area contributed by atoms with E-state index >= 15 is 0 Å². The molecule has 2 aliphatic heterocycles. The summed E-state index contributed by atoms with van der Waals surface area (Å²) in [5, 5.41) is 4.38. The van der Waals surface area contributed by atoms with Crippen LogP contribution in [0.2, 0.25) is 5.02 Å². The number of anilines is 1. The number of rotatable bonds is 4. The molecule has 0 bridgehead atoms. The van der Waals surface area contributed by atoms with E-state index < -0.39 is 0 Å². The molecule has 3 heterocycles. The average Bonchev–Trinajstić information content (AvgIpc) is 3.26. The Morgan fingerprint density at radius 2 is 2.24 bits per heavy atom. The molecule has 0 saturated carbocycles. The zero-order chi connectivity index (χ0) is 17.2. The van der Waals surface area contributed by atoms with Crippen LogP contribution < -0.4 is 5.32 Å². The molecule has 25 heavy (non-hydrogen) atoms. The maximum absolute atomic E-state index is 12.2. The predicted octanol–water partition coefficient (Wildman–Crippen LogP) is 3.47. The lowest BCUT2D eigenvalue weighted by Crippen LogP contribution is -2.29. The summed E-state index contributed by atoms with van der Waals surface area (Å²) in [6.07, 6.45) is 2.34. The third kappa shape index (κ3) is 4.03. The van der Waals surface area contributed by atoms with Gasteiger partial charge in [0.2, 0.25) is 0 Å². The van der Waals surface area contributed by atoms with Crippen LogP contribution in [0.4, 0.5) is 5.13 Å². The third-order valence-corrected chi connectivity index (χ3v) is 5.83. The van der Waals surface area contributed by atoms with Crippen molar-refractivity contribution < 1.29 is 9.53 Å². The predicted molar refractivity (Wildman–Crippen MR) is 99.0 cm³/mol. The highest BCUT2D eigenvalue weighted by Gasteiger charge is 2.26. The number of thiazole rings is 1. The van der Waals surface area contributed by atoms with Crippen molar-refractivity contribution in [3.63, 3.8) is 0 Å². The van der Waals surface area contributed by atoms with Crippen molar-refractivity contribution in [2.24, 2.45) is 0 Å². The van der Waals surface area contributed by atoms with Gasteiger partial charge in [-0.25, -0.2) is 4.98 Å². The van der Waals surface area contributed by atoms with Gasteiger partial charge in [0.05, 0.1) is 5.69 Å². The molecule has 0 aliphatic carbocycles. The molecule has 7 heteroatoms. The van der Waals surface area contributed by atoms with Crippen molar-refractivity contribution in [3.05, 3.63) is 45.4 Å². The van der Waals surface area contributed by atoms with Crippen LogP contribution in [0.5, 0.6) is 0 Å². The van der Waals surface area contributed by atoms with Crippen molar-refractivity contribution in [2.45, 2.75) is 38.5 Å². The van der Waals surface area contributed by atoms with Gasteiger partial charge in [0.1, 0.15) is 6.10 Å². The molecular formula is C18H20ClN3O2S. The van der Waals surface area contributed by atoms with Gasteiger partial charge in [0.15, 0.2) is 5.13 Å². The number of nitrogens with one attached hydrogen (secondary N) is 1. The first-order chi connectivity index (χ1) is 12.2.